The van der Waals surface area contributed by atoms with E-state index >= 15 is 0 Å². The molecule has 11 aromatic rings. The summed E-state index contributed by atoms with van der Waals surface area (Å²) in [4.78, 5) is 130. The third-order valence-corrected chi connectivity index (χ3v) is 23.6. The van der Waals surface area contributed by atoms with Gasteiger partial charge in [0, 0.05) is 70.8 Å². The molecular weight excluding hydrogens is 2130 g/mol. The van der Waals surface area contributed by atoms with E-state index in [4.69, 9.17) is 30.5 Å². The van der Waals surface area contributed by atoms with Crippen LogP contribution in [0.25, 0.3) is 17.1 Å². The maximum absolute atomic E-state index is 13.7. The first-order valence-electron chi connectivity index (χ1n) is 43.8. The quantitative estimate of drug-likeness (QED) is 0.00458. The number of aryl methyl sites for hydroxylation is 4. The van der Waals surface area contributed by atoms with Crippen molar-refractivity contribution < 1.29 is 133 Å². The maximum atomic E-state index is 13.7. The number of ketones is 2. The van der Waals surface area contributed by atoms with Gasteiger partial charge in [0.05, 0.1) is 103 Å². The molecule has 0 radical (unpaired) electrons. The number of unbranched alkanes of at least 4 members (excludes halogenated alkanes) is 2. The van der Waals surface area contributed by atoms with Crippen LogP contribution >= 0.6 is 79.6 Å². The largest absolute Gasteiger partial charge is 1.00 e. The molecule has 744 valence electrons. The van der Waals surface area contributed by atoms with Crippen LogP contribution < -0.4 is 35.2 Å². The second kappa shape index (κ2) is 60.6. The molecule has 0 unspecified atom stereocenters. The molecule has 2 amide bonds. The Morgan fingerprint density at radius 3 is 1.14 bits per heavy atom. The molecule has 14 rings (SSSR count). The van der Waals surface area contributed by atoms with Crippen molar-refractivity contribution >= 4 is 151 Å². The van der Waals surface area contributed by atoms with E-state index < -0.39 is 47.6 Å². The number of nitrogens with two attached hydrogens (primary N) is 1. The summed E-state index contributed by atoms with van der Waals surface area (Å²) in [6.45, 7) is 22.5. The molecule has 40 heteroatoms. The van der Waals surface area contributed by atoms with Gasteiger partial charge in [-0.2, -0.15) is 15.3 Å². The Kier molecular flexibility index (Phi) is 52.3. The van der Waals surface area contributed by atoms with Gasteiger partial charge in [-0.3, -0.25) is 19.2 Å². The molecule has 0 saturated heterocycles. The molecule has 3 aromatic heterocycles. The number of nitrogens with zero attached hydrogens (tertiary/aromatic N) is 8. The van der Waals surface area contributed by atoms with E-state index in [1.54, 1.807) is 135 Å². The second-order valence-electron chi connectivity index (χ2n) is 31.3. The number of carboxylic acids is 4. The van der Waals surface area contributed by atoms with Crippen LogP contribution in [0.2, 0.25) is 0 Å². The zero-order valence-corrected chi connectivity index (χ0v) is 87.3. The van der Waals surface area contributed by atoms with Crippen LogP contribution in [0.3, 0.4) is 0 Å². The van der Waals surface area contributed by atoms with Gasteiger partial charge < -0.3 is 87.1 Å². The summed E-state index contributed by atoms with van der Waals surface area (Å²) < 4.78 is 22.4. The van der Waals surface area contributed by atoms with Crippen LogP contribution in [0, 0.1) is 27.7 Å². The number of halogens is 5. The first-order valence-corrected chi connectivity index (χ1v) is 47.8. The van der Waals surface area contributed by atoms with Gasteiger partial charge >= 0.3 is 60.6 Å². The van der Waals surface area contributed by atoms with Crippen LogP contribution in [0.1, 0.15) is 213 Å². The third-order valence-electron chi connectivity index (χ3n) is 21.1. The average molecular weight is 2250 g/mol. The summed E-state index contributed by atoms with van der Waals surface area (Å²) in [5.41, 5.74) is 18.6. The summed E-state index contributed by atoms with van der Waals surface area (Å²) in [5, 5.41) is 84.1. The number of rotatable bonds is 26. The fourth-order valence-corrected chi connectivity index (χ4v) is 16.0. The molecule has 14 N–H and O–H groups in total. The first-order chi connectivity index (χ1) is 65.3. The van der Waals surface area contributed by atoms with E-state index in [9.17, 15) is 73.2 Å². The Morgan fingerprint density at radius 2 is 0.786 bits per heavy atom. The van der Waals surface area contributed by atoms with Crippen LogP contribution in [0.15, 0.2) is 204 Å². The Bertz CT molecular complexity index is 6010. The number of amides is 2. The monoisotopic (exact) mass is 2240 g/mol. The van der Waals surface area contributed by atoms with Gasteiger partial charge in [-0.15, -0.1) is 0 Å². The summed E-state index contributed by atoms with van der Waals surface area (Å²) in [5.74, 6) is -7.62. The number of esters is 3. The van der Waals surface area contributed by atoms with Crippen molar-refractivity contribution in [1.29, 1.82) is 0 Å². The van der Waals surface area contributed by atoms with Crippen LogP contribution in [-0.2, 0) is 67.5 Å². The van der Waals surface area contributed by atoms with Gasteiger partial charge in [0.2, 0.25) is 5.78 Å². The zero-order chi connectivity index (χ0) is 101. The molecule has 0 spiro atoms. The van der Waals surface area contributed by atoms with Crippen molar-refractivity contribution in [1.82, 2.24) is 49.8 Å². The maximum Gasteiger partial charge on any atom is 1.00 e. The van der Waals surface area contributed by atoms with E-state index in [1.165, 1.54) is 84.4 Å². The van der Waals surface area contributed by atoms with Crippen LogP contribution in [0.4, 0.5) is 5.69 Å². The van der Waals surface area contributed by atoms with Crippen molar-refractivity contribution in [3.8, 4) is 17.1 Å². The number of benzene rings is 8. The second-order valence-corrected chi connectivity index (χ2v) is 35.9. The number of aromatic nitrogens is 6. The molecule has 0 aliphatic carbocycles. The third kappa shape index (κ3) is 35.6. The molecule has 6 heterocycles. The number of Topliss-reactive ketones (excluding diaryl/α,β-unsaturated/α-hetero) is 2. The molecule has 8 aromatic carbocycles. The smallest absolute Gasteiger partial charge is 0.870 e. The fourth-order valence-electron chi connectivity index (χ4n) is 14.2. The van der Waals surface area contributed by atoms with E-state index in [0.29, 0.717) is 85.7 Å². The van der Waals surface area contributed by atoms with E-state index in [1.807, 2.05) is 67.6 Å². The molecule has 140 heavy (non-hydrogen) atoms. The van der Waals surface area contributed by atoms with Gasteiger partial charge in [0.1, 0.15) is 5.78 Å². The van der Waals surface area contributed by atoms with Gasteiger partial charge in [-0.05, 0) is 243 Å². The Morgan fingerprint density at radius 1 is 0.436 bits per heavy atom. The SMILES string of the molecule is CCCCNCCCC.CCOC(=O)C(=O)CC(C)=O.CCOC(=O)c1cc(C)n(-c2ccc(Br)cc2C(=O)N2Cc3ccccc3C[C@H]2CO)n1.CCOC(=O)c1cc(C)n(-c2ccc(Br)cc2C(=O)O)n1.Cc1cc(C(=O)O)nn1-c1ccc(Br)cc1C(=O)N1Cc2ccccc2C[C@H]1CO.Cc1ccc(Br)cc1C(=O)O.Nc1ccc(Br)cc1C(=O)O.O.OC[C@@H]1Cc2ccccc2CN1.[Li+].[OH-]. The molecule has 3 aliphatic rings. The Hall–Kier alpha value is -11.5. The number of nitrogen functional groups attached to an aromatic ring is 1. The number of aromatic carboxylic acids is 4. The topological polar surface area (TPSA) is 529 Å². The van der Waals surface area contributed by atoms with Gasteiger partial charge in [0.25, 0.3) is 11.8 Å². The number of anilines is 1. The standard InChI is InChI=1S/C24H24BrN3O4.C22H20BrN3O4.C14H13BrN2O4.C10H13NO.C8H7BrO2.C8H19N.C7H6BrNO2.C7H10O4.Li.2H2O/c1-3-32-24(31)21-10-15(2)28(26-21)22-9-8-18(25)12-20(22)23(30)27-13-17-7-5-4-6-16(17)11-19(27)14-29;1-13-8-19(22(29)30)24-26(13)20-7-6-16(23)10-18(20)21(28)25-11-15-5-3-2-4-14(15)9-17(25)12-27;1-3-21-14(20)11-6-8(2)17(16-11)12-5-4-9(15)7-10(12)13(18)19;12-7-10-5-8-3-1-2-4-9(8)6-11-10;1-5-2-3-6(9)4-7(5)8(10)11;1-3-5-7-9-8-6-4-2;8-4-1-2-6(9)5(3-4)7(10)11;1-3-11-7(10)6(9)4-5(2)8;;;/h4-10,12,19,29H,3,11,13-14H2,1-2H3;2-8,10,17,27H,9,11-12H2,1H3,(H,29,30);4-7H,3H2,1-2H3,(H,18,19);1-4,10-12H,5-7H2;2-4H,1H3,(H,10,11);9H,3-8H2,1-2H3;1-3H,9H2,(H,10,11);3-4H2,1-2H3;;2*1H2/q;;;;;;;;+1;;/p-1/t19-;17-;;10-;;;;;;;/m00.0......./s1. The number of carbonyl (C=O) groups is 11. The molecule has 0 saturated carbocycles. The van der Waals surface area contributed by atoms with Crippen LogP contribution in [0.5, 0.6) is 0 Å². The Balaban J connectivity index is 0.000000349. The average Bonchev–Trinajstić information content (AvgIpc) is 1.41. The minimum Gasteiger partial charge on any atom is -0.870 e. The molecule has 0 fully saturated rings. The summed E-state index contributed by atoms with van der Waals surface area (Å²) in [7, 11) is 0. The number of carbonyl (C=O) groups excluding carboxylic acids is 7. The molecular formula is C100H115Br5LiN11O23. The van der Waals surface area contributed by atoms with E-state index in [-0.39, 0.29) is 145 Å². The first kappa shape index (κ1) is 121. The molecule has 34 nitrogen and oxygen atoms in total. The zero-order valence-electron chi connectivity index (χ0n) is 79.3. The minimum absolute atomic E-state index is 0. The number of nitrogens with one attached hydrogen (secondary N) is 2. The van der Waals surface area contributed by atoms with Gasteiger partial charge in [0.15, 0.2) is 17.1 Å². The van der Waals surface area contributed by atoms with E-state index in [0.717, 1.165) is 54.2 Å². The molecule has 3 aliphatic heterocycles. The Labute approximate surface area is 865 Å². The predicted octanol–water partition coefficient (Wildman–Crippen LogP) is 12.9. The number of fused-ring (bicyclic) bond motifs is 3. The van der Waals surface area contributed by atoms with Crippen molar-refractivity contribution in [2.45, 2.75) is 158 Å². The number of aliphatic hydroxyl groups is 3. The van der Waals surface area contributed by atoms with Crippen molar-refractivity contribution in [3.63, 3.8) is 0 Å². The summed E-state index contributed by atoms with van der Waals surface area (Å²) in [6, 6.07) is 53.8. The molecule has 3 atom stereocenters. The van der Waals surface area contributed by atoms with Crippen molar-refractivity contribution in [2.75, 3.05) is 58.5 Å². The normalized spacial score (nSPS) is 13.2. The predicted molar refractivity (Wildman–Crippen MR) is 540 cm³/mol. The van der Waals surface area contributed by atoms with Gasteiger partial charge in [-0.1, -0.05) is 185 Å². The number of aliphatic hydroxyl groups excluding tert-OH is 3. The molecule has 0 bridgehead atoms. The summed E-state index contributed by atoms with van der Waals surface area (Å²) in [6.07, 6.45) is 7.01. The fraction of sp³-hybridized carbons (Fsp3) is 0.320. The minimum atomic E-state index is -1.13. The van der Waals surface area contributed by atoms with Crippen molar-refractivity contribution in [3.05, 3.63) is 305 Å². The number of hydrogen-bond acceptors (Lipinski definition) is 24. The van der Waals surface area contributed by atoms with Crippen LogP contribution in [-0.4, -0.2) is 222 Å². The van der Waals surface area contributed by atoms with E-state index in [2.05, 4.69) is 148 Å². The number of carboxylic acid groups (broad SMARTS) is 4. The van der Waals surface area contributed by atoms with Crippen molar-refractivity contribution in [2.24, 2.45) is 0 Å². The summed E-state index contributed by atoms with van der Waals surface area (Å²) >= 11 is 16.5. The number of hydrogen-bond donors (Lipinski definition) is 10. The van der Waals surface area contributed by atoms with Gasteiger partial charge in [-0.25, -0.2) is 47.6 Å². The number of ether oxygens (including phenoxy) is 3.